The van der Waals surface area contributed by atoms with Gasteiger partial charge in [-0.3, -0.25) is 4.79 Å². The van der Waals surface area contributed by atoms with Gasteiger partial charge in [0.15, 0.2) is 0 Å². The molecule has 0 atom stereocenters. The Morgan fingerprint density at radius 1 is 1.14 bits per heavy atom. The highest BCUT2D eigenvalue weighted by molar-refractivity contribution is 7.99. The highest BCUT2D eigenvalue weighted by atomic mass is 32.2. The lowest BCUT2D eigenvalue weighted by molar-refractivity contribution is -0.137. The normalized spacial score (nSPS) is 14.7. The van der Waals surface area contributed by atoms with Gasteiger partial charge < -0.3 is 14.7 Å². The van der Waals surface area contributed by atoms with Crippen LogP contribution in [0.3, 0.4) is 0 Å². The number of hydrogen-bond donors (Lipinski definition) is 1. The molecule has 3 aromatic rings. The molecule has 2 heterocycles. The Bertz CT molecular complexity index is 1190. The standard InChI is InChI=1S/C26H25F3N2O3S/c1-34-23-6-5-22(35-24-16-20(7-10-30-24)26(27,28)29)15-19(23)13-17-8-11-31(12-9-17)25(33)18-3-2-4-21(32)14-18/h2-7,10,14-17,32H,8-9,11-13H2,1H3. The number of benzene rings is 2. The number of likely N-dealkylation sites (tertiary alicyclic amines) is 1. The molecule has 1 N–H and O–H groups in total. The molecule has 1 aliphatic rings. The molecule has 1 aliphatic heterocycles. The Morgan fingerprint density at radius 2 is 1.91 bits per heavy atom. The molecule has 184 valence electrons. The number of rotatable bonds is 6. The Balaban J connectivity index is 1.41. The van der Waals surface area contributed by atoms with Crippen LogP contribution in [0.1, 0.15) is 34.3 Å². The van der Waals surface area contributed by atoms with E-state index in [0.29, 0.717) is 24.6 Å². The molecule has 1 saturated heterocycles. The van der Waals surface area contributed by atoms with Crippen LogP contribution in [0.25, 0.3) is 0 Å². The van der Waals surface area contributed by atoms with E-state index in [9.17, 15) is 23.1 Å². The summed E-state index contributed by atoms with van der Waals surface area (Å²) in [5.74, 6) is 1.04. The Morgan fingerprint density at radius 3 is 2.60 bits per heavy atom. The van der Waals surface area contributed by atoms with Gasteiger partial charge in [0.2, 0.25) is 0 Å². The smallest absolute Gasteiger partial charge is 0.416 e. The number of pyridine rings is 1. The predicted octanol–water partition coefficient (Wildman–Crippen LogP) is 6.06. The van der Waals surface area contributed by atoms with Crippen LogP contribution in [0.5, 0.6) is 11.5 Å². The van der Waals surface area contributed by atoms with Crippen LogP contribution < -0.4 is 4.74 Å². The van der Waals surface area contributed by atoms with Crippen LogP contribution in [-0.2, 0) is 12.6 Å². The lowest BCUT2D eigenvalue weighted by Crippen LogP contribution is -2.38. The zero-order valence-corrected chi connectivity index (χ0v) is 19.9. The Labute approximate surface area is 205 Å². The third kappa shape index (κ3) is 6.28. The van der Waals surface area contributed by atoms with Crippen molar-refractivity contribution in [2.45, 2.75) is 35.4 Å². The SMILES string of the molecule is COc1ccc(Sc2cc(C(F)(F)F)ccn2)cc1CC1CCN(C(=O)c2cccc(O)c2)CC1. The number of hydrogen-bond acceptors (Lipinski definition) is 5. The van der Waals surface area contributed by atoms with E-state index < -0.39 is 11.7 Å². The average molecular weight is 503 g/mol. The first kappa shape index (κ1) is 24.9. The third-order valence-corrected chi connectivity index (χ3v) is 6.96. The van der Waals surface area contributed by atoms with Crippen molar-refractivity contribution in [3.8, 4) is 11.5 Å². The molecule has 1 amide bonds. The van der Waals surface area contributed by atoms with E-state index in [4.69, 9.17) is 4.74 Å². The second kappa shape index (κ2) is 10.6. The van der Waals surface area contributed by atoms with Crippen LogP contribution in [0, 0.1) is 5.92 Å². The number of halogens is 3. The summed E-state index contributed by atoms with van der Waals surface area (Å²) >= 11 is 1.18. The Kier molecular flexibility index (Phi) is 7.54. The van der Waals surface area contributed by atoms with Gasteiger partial charge in [-0.05, 0) is 79.3 Å². The van der Waals surface area contributed by atoms with Crippen LogP contribution in [0.4, 0.5) is 13.2 Å². The highest BCUT2D eigenvalue weighted by Crippen LogP contribution is 2.36. The van der Waals surface area contributed by atoms with E-state index in [0.717, 1.165) is 47.6 Å². The first-order valence-electron chi connectivity index (χ1n) is 11.2. The van der Waals surface area contributed by atoms with Crippen LogP contribution >= 0.6 is 11.8 Å². The molecule has 5 nitrogen and oxygen atoms in total. The number of aromatic nitrogens is 1. The number of alkyl halides is 3. The molecule has 1 aromatic heterocycles. The van der Waals surface area contributed by atoms with Crippen molar-refractivity contribution in [1.29, 1.82) is 0 Å². The molecule has 0 radical (unpaired) electrons. The van der Waals surface area contributed by atoms with E-state index in [2.05, 4.69) is 4.98 Å². The molecule has 9 heteroatoms. The van der Waals surface area contributed by atoms with Crippen molar-refractivity contribution < 1.29 is 27.8 Å². The molecule has 0 aliphatic carbocycles. The quantitative estimate of drug-likeness (QED) is 0.444. The largest absolute Gasteiger partial charge is 0.508 e. The van der Waals surface area contributed by atoms with Gasteiger partial charge in [-0.1, -0.05) is 17.8 Å². The number of methoxy groups -OCH3 is 1. The molecule has 4 rings (SSSR count). The molecule has 2 aromatic carbocycles. The highest BCUT2D eigenvalue weighted by Gasteiger charge is 2.31. The summed E-state index contributed by atoms with van der Waals surface area (Å²) in [6.07, 6.45) is -0.871. The summed E-state index contributed by atoms with van der Waals surface area (Å²) in [6, 6.07) is 13.9. The summed E-state index contributed by atoms with van der Waals surface area (Å²) in [7, 11) is 1.59. The molecular weight excluding hydrogens is 477 g/mol. The number of phenolic OH excluding ortho intramolecular Hbond substituents is 1. The van der Waals surface area contributed by atoms with Crippen molar-refractivity contribution in [3.05, 3.63) is 77.5 Å². The molecule has 0 saturated carbocycles. The topological polar surface area (TPSA) is 62.7 Å². The number of carbonyl (C=O) groups is 1. The Hall–Kier alpha value is -3.20. The minimum atomic E-state index is -4.42. The van der Waals surface area contributed by atoms with Crippen LogP contribution in [0.15, 0.2) is 70.7 Å². The predicted molar refractivity (Wildman–Crippen MR) is 127 cm³/mol. The van der Waals surface area contributed by atoms with Gasteiger partial charge in [0, 0.05) is 29.7 Å². The second-order valence-electron chi connectivity index (χ2n) is 8.45. The summed E-state index contributed by atoms with van der Waals surface area (Å²) in [6.45, 7) is 1.23. The molecule has 0 unspecified atom stereocenters. The molecular formula is C26H25F3N2O3S. The van der Waals surface area contributed by atoms with Crippen molar-refractivity contribution in [2.75, 3.05) is 20.2 Å². The minimum Gasteiger partial charge on any atom is -0.508 e. The monoisotopic (exact) mass is 502 g/mol. The number of phenols is 1. The van der Waals surface area contributed by atoms with Gasteiger partial charge >= 0.3 is 6.18 Å². The molecule has 0 spiro atoms. The summed E-state index contributed by atoms with van der Waals surface area (Å²) in [5, 5.41) is 9.92. The van der Waals surface area contributed by atoms with Crippen LogP contribution in [-0.4, -0.2) is 41.1 Å². The molecule has 35 heavy (non-hydrogen) atoms. The van der Waals surface area contributed by atoms with Gasteiger partial charge in [0.05, 0.1) is 12.7 Å². The van der Waals surface area contributed by atoms with E-state index in [1.54, 1.807) is 24.1 Å². The van der Waals surface area contributed by atoms with Crippen molar-refractivity contribution in [1.82, 2.24) is 9.88 Å². The fourth-order valence-corrected chi connectivity index (χ4v) is 5.09. The molecule has 1 fully saturated rings. The van der Waals surface area contributed by atoms with E-state index in [1.165, 1.54) is 30.1 Å². The van der Waals surface area contributed by atoms with Gasteiger partial charge in [0.25, 0.3) is 5.91 Å². The van der Waals surface area contributed by atoms with Crippen molar-refractivity contribution in [2.24, 2.45) is 5.92 Å². The number of ether oxygens (including phenoxy) is 1. The molecule has 0 bridgehead atoms. The maximum absolute atomic E-state index is 13.0. The van der Waals surface area contributed by atoms with Crippen molar-refractivity contribution >= 4 is 17.7 Å². The maximum Gasteiger partial charge on any atom is 0.416 e. The van der Waals surface area contributed by atoms with Crippen LogP contribution in [0.2, 0.25) is 0 Å². The fraction of sp³-hybridized carbons (Fsp3) is 0.308. The van der Waals surface area contributed by atoms with Gasteiger partial charge in [-0.15, -0.1) is 0 Å². The zero-order chi connectivity index (χ0) is 25.0. The van der Waals surface area contributed by atoms with E-state index >= 15 is 0 Å². The zero-order valence-electron chi connectivity index (χ0n) is 19.1. The third-order valence-electron chi connectivity index (χ3n) is 6.04. The lowest BCUT2D eigenvalue weighted by atomic mass is 9.89. The summed E-state index contributed by atoms with van der Waals surface area (Å²) in [5.41, 5.74) is 0.719. The van der Waals surface area contributed by atoms with Gasteiger partial charge in [-0.25, -0.2) is 4.98 Å². The number of aromatic hydroxyl groups is 1. The first-order chi connectivity index (χ1) is 16.7. The van der Waals surface area contributed by atoms with E-state index in [-0.39, 0.29) is 16.7 Å². The number of carbonyl (C=O) groups excluding carboxylic acids is 1. The average Bonchev–Trinajstić information content (AvgIpc) is 2.84. The number of piperidine rings is 1. The number of nitrogens with zero attached hydrogens (tertiary/aromatic N) is 2. The maximum atomic E-state index is 13.0. The van der Waals surface area contributed by atoms with E-state index in [1.807, 2.05) is 18.2 Å². The summed E-state index contributed by atoms with van der Waals surface area (Å²) in [4.78, 5) is 19.4. The minimum absolute atomic E-state index is 0.0657. The lowest BCUT2D eigenvalue weighted by Gasteiger charge is -2.32. The number of amides is 1. The summed E-state index contributed by atoms with van der Waals surface area (Å²) < 4.78 is 44.6. The van der Waals surface area contributed by atoms with Gasteiger partial charge in [-0.2, -0.15) is 13.2 Å². The first-order valence-corrected chi connectivity index (χ1v) is 12.0. The second-order valence-corrected chi connectivity index (χ2v) is 9.54. The van der Waals surface area contributed by atoms with Gasteiger partial charge in [0.1, 0.15) is 16.5 Å². The fourth-order valence-electron chi connectivity index (χ4n) is 4.21. The van der Waals surface area contributed by atoms with Crippen molar-refractivity contribution in [3.63, 3.8) is 0 Å².